The molecule has 0 aromatic rings. The lowest BCUT2D eigenvalue weighted by Gasteiger charge is -2.23. The van der Waals surface area contributed by atoms with Crippen LogP contribution in [0.1, 0.15) is 0 Å². The number of nitrogens with zero attached hydrogens (tertiary/aromatic N) is 2. The van der Waals surface area contributed by atoms with Crippen LogP contribution in [-0.4, -0.2) is 83.0 Å². The molecule has 0 spiro atoms. The number of nitrogens with two attached hydrogens (primary N) is 2. The van der Waals surface area contributed by atoms with Crippen molar-refractivity contribution in [2.45, 2.75) is 0 Å². The Morgan fingerprint density at radius 2 is 0.955 bits per heavy atom. The molecular formula is C10H26N6O6+2. The molecule has 0 rings (SSSR count). The first-order chi connectivity index (χ1) is 9.20. The Hall–Kier alpha value is -2.28. The molecule has 0 unspecified atom stereocenters. The van der Waals surface area contributed by atoms with E-state index in [4.69, 9.17) is 21.7 Å². The second-order valence-electron chi connectivity index (χ2n) is 4.14. The fraction of sp³-hybridized carbons (Fsp3) is 0.600. The summed E-state index contributed by atoms with van der Waals surface area (Å²) in [6.45, 7) is -1.25. The maximum atomic E-state index is 10.8. The van der Waals surface area contributed by atoms with E-state index in [1.165, 1.54) is 9.80 Å². The summed E-state index contributed by atoms with van der Waals surface area (Å²) < 4.78 is 0. The van der Waals surface area contributed by atoms with Crippen LogP contribution in [0, 0.1) is 0 Å². The van der Waals surface area contributed by atoms with E-state index in [-0.39, 0.29) is 38.5 Å². The lowest BCUT2D eigenvalue weighted by Crippen LogP contribution is -2.45. The summed E-state index contributed by atoms with van der Waals surface area (Å²) in [6.07, 6.45) is 0. The minimum atomic E-state index is -1.15. The van der Waals surface area contributed by atoms with Crippen LogP contribution in [0.3, 0.4) is 0 Å². The smallest absolute Gasteiger partial charge is 0.317 e. The summed E-state index contributed by atoms with van der Waals surface area (Å²) in [5.41, 5.74) is 9.96. The lowest BCUT2D eigenvalue weighted by molar-refractivity contribution is -0.141. The fourth-order valence-corrected chi connectivity index (χ4v) is 1.53. The molecule has 0 saturated carbocycles. The summed E-state index contributed by atoms with van der Waals surface area (Å²) in [6, 6.07) is 0. The minimum absolute atomic E-state index is 0. The van der Waals surface area contributed by atoms with Crippen LogP contribution >= 0.6 is 0 Å². The number of carboxylic acids is 2. The highest BCUT2D eigenvalue weighted by atomic mass is 16.4. The Morgan fingerprint density at radius 1 is 0.682 bits per heavy atom. The van der Waals surface area contributed by atoms with Crippen molar-refractivity contribution in [1.29, 1.82) is 0 Å². The van der Waals surface area contributed by atoms with Gasteiger partial charge < -0.3 is 34.0 Å². The highest BCUT2D eigenvalue weighted by Gasteiger charge is 2.16. The average Bonchev–Trinajstić information content (AvgIpc) is 2.22. The zero-order chi connectivity index (χ0) is 15.7. The van der Waals surface area contributed by atoms with Crippen LogP contribution in [-0.2, 0) is 19.2 Å². The van der Waals surface area contributed by atoms with Gasteiger partial charge in [0.1, 0.15) is 0 Å². The van der Waals surface area contributed by atoms with E-state index in [0.29, 0.717) is 0 Å². The SMILES string of the molecule is NC(=O)CN(CCN(CC(N)=O)CC(=O)O)CC(=O)O.[NH4+].[NH4+]. The van der Waals surface area contributed by atoms with Crippen LogP contribution in [0.15, 0.2) is 0 Å². The molecule has 12 nitrogen and oxygen atoms in total. The van der Waals surface area contributed by atoms with Crippen LogP contribution in [0.5, 0.6) is 0 Å². The molecule has 0 aromatic heterocycles. The molecule has 0 aliphatic carbocycles. The van der Waals surface area contributed by atoms with Crippen molar-refractivity contribution in [2.75, 3.05) is 39.3 Å². The van der Waals surface area contributed by atoms with Crippen molar-refractivity contribution in [3.63, 3.8) is 0 Å². The Bertz CT molecular complexity index is 322. The van der Waals surface area contributed by atoms with Crippen molar-refractivity contribution in [3.05, 3.63) is 0 Å². The van der Waals surface area contributed by atoms with Gasteiger partial charge in [0.05, 0.1) is 26.2 Å². The molecule has 14 N–H and O–H groups in total. The number of quaternary nitrogens is 2. The van der Waals surface area contributed by atoms with E-state index in [0.717, 1.165) is 0 Å². The topological polar surface area (TPSA) is 240 Å². The molecule has 0 aromatic carbocycles. The van der Waals surface area contributed by atoms with Gasteiger partial charge in [-0.15, -0.1) is 0 Å². The predicted molar refractivity (Wildman–Crippen MR) is 78.5 cm³/mol. The summed E-state index contributed by atoms with van der Waals surface area (Å²) in [5, 5.41) is 17.4. The first kappa shape index (κ1) is 24.7. The number of carboxylic acid groups (broad SMARTS) is 2. The molecule has 0 radical (unpaired) electrons. The number of primary amides is 2. The normalized spacial score (nSPS) is 9.73. The molecule has 22 heavy (non-hydrogen) atoms. The molecule has 0 saturated heterocycles. The first-order valence-corrected chi connectivity index (χ1v) is 5.65. The van der Waals surface area contributed by atoms with Gasteiger partial charge >= 0.3 is 11.9 Å². The van der Waals surface area contributed by atoms with E-state index < -0.39 is 36.8 Å². The monoisotopic (exact) mass is 326 g/mol. The van der Waals surface area contributed by atoms with Gasteiger partial charge in [-0.2, -0.15) is 0 Å². The minimum Gasteiger partial charge on any atom is -0.480 e. The maximum absolute atomic E-state index is 10.8. The van der Waals surface area contributed by atoms with Gasteiger partial charge in [-0.3, -0.25) is 29.0 Å². The molecular weight excluding hydrogens is 300 g/mol. The number of hydrogen-bond acceptors (Lipinski definition) is 6. The van der Waals surface area contributed by atoms with Gasteiger partial charge in [0.15, 0.2) is 0 Å². The van der Waals surface area contributed by atoms with Crippen molar-refractivity contribution < 1.29 is 29.4 Å². The largest absolute Gasteiger partial charge is 0.480 e. The standard InChI is InChI=1S/C10H18N4O6.2H3N/c11-7(15)3-13(5-9(17)18)1-2-14(4-8(12)16)6-10(19)20;;/h1-6H2,(H2,11,15)(H2,12,16)(H,17,18)(H,19,20);2*1H3/p+2. The highest BCUT2D eigenvalue weighted by Crippen LogP contribution is 1.93. The molecule has 0 heterocycles. The fourth-order valence-electron chi connectivity index (χ4n) is 1.53. The van der Waals surface area contributed by atoms with Crippen LogP contribution < -0.4 is 23.8 Å². The number of carbonyl (C=O) groups excluding carboxylic acids is 2. The third kappa shape index (κ3) is 14.1. The van der Waals surface area contributed by atoms with Crippen LogP contribution in [0.4, 0.5) is 0 Å². The maximum Gasteiger partial charge on any atom is 0.317 e. The van der Waals surface area contributed by atoms with Crippen LogP contribution in [0.2, 0.25) is 0 Å². The average molecular weight is 326 g/mol. The van der Waals surface area contributed by atoms with E-state index in [9.17, 15) is 19.2 Å². The van der Waals surface area contributed by atoms with Gasteiger partial charge in [0, 0.05) is 13.1 Å². The Labute approximate surface area is 127 Å². The molecule has 12 heteroatoms. The zero-order valence-corrected chi connectivity index (χ0v) is 12.8. The molecule has 0 bridgehead atoms. The summed E-state index contributed by atoms with van der Waals surface area (Å²) >= 11 is 0. The molecule has 0 fully saturated rings. The Balaban J connectivity index is -0.00000180. The third-order valence-electron chi connectivity index (χ3n) is 2.21. The molecule has 130 valence electrons. The quantitative estimate of drug-likeness (QED) is 0.236. The second-order valence-corrected chi connectivity index (χ2v) is 4.14. The number of carbonyl (C=O) groups is 4. The molecule has 0 atom stereocenters. The molecule has 0 aliphatic heterocycles. The predicted octanol–water partition coefficient (Wildman–Crippen LogP) is -2.52. The van der Waals surface area contributed by atoms with E-state index in [2.05, 4.69) is 0 Å². The first-order valence-electron chi connectivity index (χ1n) is 5.65. The summed E-state index contributed by atoms with van der Waals surface area (Å²) in [5.74, 6) is -3.70. The number of rotatable bonds is 11. The van der Waals surface area contributed by atoms with Crippen molar-refractivity contribution >= 4 is 23.8 Å². The van der Waals surface area contributed by atoms with Gasteiger partial charge in [0.2, 0.25) is 11.8 Å². The summed E-state index contributed by atoms with van der Waals surface area (Å²) in [4.78, 5) is 45.3. The van der Waals surface area contributed by atoms with Crippen LogP contribution in [0.25, 0.3) is 0 Å². The third-order valence-corrected chi connectivity index (χ3v) is 2.21. The van der Waals surface area contributed by atoms with Gasteiger partial charge in [0.25, 0.3) is 0 Å². The molecule has 2 amide bonds. The number of aliphatic carboxylic acids is 2. The molecule has 0 aliphatic rings. The van der Waals surface area contributed by atoms with Crippen molar-refractivity contribution in [1.82, 2.24) is 22.1 Å². The van der Waals surface area contributed by atoms with Gasteiger partial charge in [-0.05, 0) is 0 Å². The highest BCUT2D eigenvalue weighted by molar-refractivity contribution is 5.77. The summed E-state index contributed by atoms with van der Waals surface area (Å²) in [7, 11) is 0. The van der Waals surface area contributed by atoms with Gasteiger partial charge in [-0.1, -0.05) is 0 Å². The number of hydrogen-bond donors (Lipinski definition) is 6. The number of amides is 2. The van der Waals surface area contributed by atoms with E-state index in [1.807, 2.05) is 0 Å². The lowest BCUT2D eigenvalue weighted by atomic mass is 10.3. The Morgan fingerprint density at radius 3 is 1.14 bits per heavy atom. The Kier molecular flexibility index (Phi) is 14.0. The van der Waals surface area contributed by atoms with E-state index >= 15 is 0 Å². The second kappa shape index (κ2) is 12.5. The van der Waals surface area contributed by atoms with E-state index in [1.54, 1.807) is 0 Å². The zero-order valence-electron chi connectivity index (χ0n) is 12.8. The van der Waals surface area contributed by atoms with Gasteiger partial charge in [-0.25, -0.2) is 0 Å². The van der Waals surface area contributed by atoms with Crippen molar-refractivity contribution in [3.8, 4) is 0 Å². The van der Waals surface area contributed by atoms with Crippen molar-refractivity contribution in [2.24, 2.45) is 11.5 Å².